The molecule has 1 heterocycles. The molecule has 2 aromatic carbocycles. The van der Waals surface area contributed by atoms with E-state index in [2.05, 4.69) is 15.9 Å². The average Bonchev–Trinajstić information content (AvgIpc) is 2.84. The van der Waals surface area contributed by atoms with E-state index in [0.717, 1.165) is 10.0 Å². The summed E-state index contributed by atoms with van der Waals surface area (Å²) in [4.78, 5) is 1.85. The Bertz CT molecular complexity index is 663. The van der Waals surface area contributed by atoms with E-state index >= 15 is 0 Å². The van der Waals surface area contributed by atoms with Gasteiger partial charge >= 0.3 is 0 Å². The number of hydroxylamine groups is 2. The van der Waals surface area contributed by atoms with Gasteiger partial charge in [-0.05, 0) is 29.8 Å². The molecular weight excluding hydrogens is 354 g/mol. The summed E-state index contributed by atoms with van der Waals surface area (Å²) in [5.41, 5.74) is 0.893. The second-order valence-electron chi connectivity index (χ2n) is 5.26. The number of nitrogens with zero attached hydrogens (tertiary/aromatic N) is 2. The van der Waals surface area contributed by atoms with Crippen LogP contribution in [0.2, 0.25) is 0 Å². The molecule has 6 heteroatoms. The van der Waals surface area contributed by atoms with Crippen molar-refractivity contribution < 1.29 is 14.0 Å². The third-order valence-electron chi connectivity index (χ3n) is 3.81. The number of rotatable bonds is 3. The minimum absolute atomic E-state index is 0.0257. The molecule has 1 aliphatic heterocycles. The van der Waals surface area contributed by atoms with Gasteiger partial charge in [0.1, 0.15) is 17.8 Å². The Morgan fingerprint density at radius 2 is 1.77 bits per heavy atom. The average molecular weight is 369 g/mol. The number of hydrogen-bond donors (Lipinski definition) is 1. The summed E-state index contributed by atoms with van der Waals surface area (Å²) in [6.45, 7) is 1.06. The van der Waals surface area contributed by atoms with Gasteiger partial charge in [-0.3, -0.25) is 4.90 Å². The van der Waals surface area contributed by atoms with Crippen molar-refractivity contribution in [1.82, 2.24) is 9.96 Å². The first-order valence-corrected chi connectivity index (χ1v) is 7.73. The second-order valence-corrected chi connectivity index (χ2v) is 6.18. The normalized spacial score (nSPS) is 19.7. The third kappa shape index (κ3) is 3.05. The molecule has 1 atom stereocenters. The lowest BCUT2D eigenvalue weighted by molar-refractivity contribution is -0.128. The molecule has 22 heavy (non-hydrogen) atoms. The zero-order valence-corrected chi connectivity index (χ0v) is 13.3. The zero-order chi connectivity index (χ0) is 15.7. The van der Waals surface area contributed by atoms with Gasteiger partial charge in [0, 0.05) is 29.7 Å². The molecule has 0 radical (unpaired) electrons. The molecule has 0 saturated carbocycles. The maximum absolute atomic E-state index is 13.8. The Morgan fingerprint density at radius 1 is 1.09 bits per heavy atom. The molecule has 3 nitrogen and oxygen atoms in total. The van der Waals surface area contributed by atoms with Gasteiger partial charge < -0.3 is 5.21 Å². The van der Waals surface area contributed by atoms with Crippen LogP contribution in [0, 0.1) is 11.6 Å². The lowest BCUT2D eigenvalue weighted by Gasteiger charge is -2.27. The van der Waals surface area contributed by atoms with Crippen molar-refractivity contribution in [2.75, 3.05) is 13.1 Å². The second kappa shape index (κ2) is 6.42. The lowest BCUT2D eigenvalue weighted by Crippen LogP contribution is -2.29. The summed E-state index contributed by atoms with van der Waals surface area (Å²) >= 11 is 3.40. The molecule has 1 aliphatic rings. The summed E-state index contributed by atoms with van der Waals surface area (Å²) in [6.07, 6.45) is -0.420. The monoisotopic (exact) mass is 368 g/mol. The van der Waals surface area contributed by atoms with Crippen LogP contribution in [-0.2, 0) is 6.54 Å². The Kier molecular flexibility index (Phi) is 4.54. The van der Waals surface area contributed by atoms with Crippen LogP contribution in [0.15, 0.2) is 46.9 Å². The third-order valence-corrected chi connectivity index (χ3v) is 4.31. The van der Waals surface area contributed by atoms with Gasteiger partial charge in [0.25, 0.3) is 0 Å². The highest BCUT2D eigenvalue weighted by Gasteiger charge is 2.33. The van der Waals surface area contributed by atoms with Crippen LogP contribution >= 0.6 is 15.9 Å². The van der Waals surface area contributed by atoms with Gasteiger partial charge in [-0.15, -0.1) is 0 Å². The van der Waals surface area contributed by atoms with E-state index in [-0.39, 0.29) is 12.1 Å². The van der Waals surface area contributed by atoms with E-state index in [0.29, 0.717) is 13.1 Å². The largest absolute Gasteiger partial charge is 0.312 e. The van der Waals surface area contributed by atoms with Crippen molar-refractivity contribution >= 4 is 15.9 Å². The first kappa shape index (κ1) is 15.6. The smallest absolute Gasteiger partial charge is 0.130 e. The molecule has 1 fully saturated rings. The molecule has 0 spiro atoms. The topological polar surface area (TPSA) is 26.7 Å². The van der Waals surface area contributed by atoms with Crippen molar-refractivity contribution in [3.8, 4) is 0 Å². The van der Waals surface area contributed by atoms with E-state index < -0.39 is 17.8 Å². The molecule has 0 aromatic heterocycles. The molecule has 2 aromatic rings. The van der Waals surface area contributed by atoms with Crippen LogP contribution in [0.25, 0.3) is 0 Å². The maximum Gasteiger partial charge on any atom is 0.130 e. The van der Waals surface area contributed by atoms with Gasteiger partial charge in [-0.1, -0.05) is 34.1 Å². The Balaban J connectivity index is 1.90. The first-order chi connectivity index (χ1) is 10.6. The van der Waals surface area contributed by atoms with Gasteiger partial charge in [-0.2, -0.15) is 5.06 Å². The van der Waals surface area contributed by atoms with Gasteiger partial charge in [0.05, 0.1) is 0 Å². The first-order valence-electron chi connectivity index (χ1n) is 6.94. The van der Waals surface area contributed by atoms with Gasteiger partial charge in [0.15, 0.2) is 0 Å². The number of benzene rings is 2. The maximum atomic E-state index is 13.8. The van der Waals surface area contributed by atoms with E-state index in [1.54, 1.807) is 0 Å². The van der Waals surface area contributed by atoms with Crippen molar-refractivity contribution in [2.45, 2.75) is 12.7 Å². The fourth-order valence-corrected chi connectivity index (χ4v) is 3.18. The molecular formula is C16H15BrF2N2O. The van der Waals surface area contributed by atoms with Gasteiger partial charge in [0.2, 0.25) is 0 Å². The minimum Gasteiger partial charge on any atom is -0.312 e. The highest BCUT2D eigenvalue weighted by atomic mass is 79.9. The fraction of sp³-hybridized carbons (Fsp3) is 0.250. The van der Waals surface area contributed by atoms with Crippen LogP contribution in [0.5, 0.6) is 0 Å². The molecule has 0 amide bonds. The summed E-state index contributed by atoms with van der Waals surface area (Å²) in [7, 11) is 0. The number of hydrogen-bond acceptors (Lipinski definition) is 3. The molecule has 116 valence electrons. The number of halogens is 3. The van der Waals surface area contributed by atoms with E-state index in [4.69, 9.17) is 0 Å². The van der Waals surface area contributed by atoms with Crippen molar-refractivity contribution in [3.05, 3.63) is 69.7 Å². The Morgan fingerprint density at radius 3 is 2.45 bits per heavy atom. The van der Waals surface area contributed by atoms with E-state index in [9.17, 15) is 14.0 Å². The SMILES string of the molecule is ON1CCN(Cc2c(F)cccc2F)C1c1cccc(Br)c1. The molecule has 0 bridgehead atoms. The predicted octanol–water partition coefficient (Wildman–Crippen LogP) is 3.93. The Hall–Kier alpha value is -1.34. The summed E-state index contributed by atoms with van der Waals surface area (Å²) < 4.78 is 28.6. The van der Waals surface area contributed by atoms with E-state index in [1.165, 1.54) is 23.3 Å². The zero-order valence-electron chi connectivity index (χ0n) is 11.7. The molecule has 3 rings (SSSR count). The fourth-order valence-electron chi connectivity index (χ4n) is 2.77. The van der Waals surface area contributed by atoms with Crippen molar-refractivity contribution in [2.24, 2.45) is 0 Å². The molecule has 1 unspecified atom stereocenters. The molecule has 1 saturated heterocycles. The quantitative estimate of drug-likeness (QED) is 0.888. The highest BCUT2D eigenvalue weighted by molar-refractivity contribution is 9.10. The van der Waals surface area contributed by atoms with E-state index in [1.807, 2.05) is 29.2 Å². The summed E-state index contributed by atoms with van der Waals surface area (Å²) in [5.74, 6) is -1.13. The van der Waals surface area contributed by atoms with Crippen molar-refractivity contribution in [1.29, 1.82) is 0 Å². The van der Waals surface area contributed by atoms with Crippen LogP contribution in [0.1, 0.15) is 17.3 Å². The van der Waals surface area contributed by atoms with Gasteiger partial charge in [-0.25, -0.2) is 8.78 Å². The Labute approximate surface area is 135 Å². The summed E-state index contributed by atoms with van der Waals surface area (Å²) in [5, 5.41) is 11.3. The predicted molar refractivity (Wildman–Crippen MR) is 82.1 cm³/mol. The van der Waals surface area contributed by atoms with Crippen molar-refractivity contribution in [3.63, 3.8) is 0 Å². The minimum atomic E-state index is -0.565. The summed E-state index contributed by atoms with van der Waals surface area (Å²) in [6, 6.07) is 11.4. The van der Waals surface area contributed by atoms with Crippen LogP contribution < -0.4 is 0 Å². The molecule has 0 aliphatic carbocycles. The van der Waals surface area contributed by atoms with Crippen LogP contribution in [0.4, 0.5) is 8.78 Å². The molecule has 1 N–H and O–H groups in total. The highest BCUT2D eigenvalue weighted by Crippen LogP contribution is 2.32. The lowest BCUT2D eigenvalue weighted by atomic mass is 10.1. The van der Waals surface area contributed by atoms with Crippen LogP contribution in [0.3, 0.4) is 0 Å². The standard InChI is InChI=1S/C16H15BrF2N2O/c17-12-4-1-3-11(9-12)16-20(7-8-21(16)22)10-13-14(18)5-2-6-15(13)19/h1-6,9,16,22H,7-8,10H2. The van der Waals surface area contributed by atoms with Crippen LogP contribution in [-0.4, -0.2) is 28.3 Å².